The van der Waals surface area contributed by atoms with E-state index in [2.05, 4.69) is 27.0 Å². The van der Waals surface area contributed by atoms with Crippen LogP contribution in [0.15, 0.2) is 16.8 Å². The summed E-state index contributed by atoms with van der Waals surface area (Å²) in [4.78, 5) is 15.6. The third-order valence-corrected chi connectivity index (χ3v) is 7.13. The quantitative estimate of drug-likeness (QED) is 0.880. The Labute approximate surface area is 148 Å². The lowest BCUT2D eigenvalue weighted by Crippen LogP contribution is -2.44. The SMILES string of the molecule is N[C@@H]1CCC[C@H](C(=O)N(Cc2ccsc2)[C@@H]2CC23CCNCC3)C1. The van der Waals surface area contributed by atoms with Gasteiger partial charge in [0.25, 0.3) is 0 Å². The molecule has 1 amide bonds. The van der Waals surface area contributed by atoms with Crippen molar-refractivity contribution in [3.63, 3.8) is 0 Å². The van der Waals surface area contributed by atoms with E-state index >= 15 is 0 Å². The molecule has 0 radical (unpaired) electrons. The van der Waals surface area contributed by atoms with Gasteiger partial charge in [-0.05, 0) is 79.4 Å². The zero-order valence-electron chi connectivity index (χ0n) is 14.4. The fourth-order valence-electron chi connectivity index (χ4n) is 4.84. The molecule has 3 fully saturated rings. The first-order chi connectivity index (χ1) is 11.7. The van der Waals surface area contributed by atoms with Crippen molar-refractivity contribution < 1.29 is 4.79 Å². The lowest BCUT2D eigenvalue weighted by Gasteiger charge is -2.34. The average molecular weight is 348 g/mol. The number of carbonyl (C=O) groups is 1. The monoisotopic (exact) mass is 347 g/mol. The highest BCUT2D eigenvalue weighted by molar-refractivity contribution is 7.07. The van der Waals surface area contributed by atoms with Crippen LogP contribution in [0.1, 0.15) is 50.5 Å². The molecule has 1 aromatic rings. The summed E-state index contributed by atoms with van der Waals surface area (Å²) in [6.45, 7) is 2.99. The molecule has 3 aliphatic rings. The van der Waals surface area contributed by atoms with Crippen LogP contribution in [0, 0.1) is 11.3 Å². The molecule has 5 heteroatoms. The highest BCUT2D eigenvalue weighted by Crippen LogP contribution is 2.56. The fraction of sp³-hybridized carbons (Fsp3) is 0.737. The summed E-state index contributed by atoms with van der Waals surface area (Å²) in [6, 6.07) is 2.82. The maximum absolute atomic E-state index is 13.3. The lowest BCUT2D eigenvalue weighted by atomic mass is 9.85. The molecule has 24 heavy (non-hydrogen) atoms. The number of thiophene rings is 1. The first kappa shape index (κ1) is 16.6. The van der Waals surface area contributed by atoms with E-state index < -0.39 is 0 Å². The van der Waals surface area contributed by atoms with E-state index in [1.165, 1.54) is 24.8 Å². The summed E-state index contributed by atoms with van der Waals surface area (Å²) in [6.07, 6.45) is 7.71. The molecule has 2 saturated carbocycles. The Hall–Kier alpha value is -0.910. The number of carbonyl (C=O) groups excluding carboxylic acids is 1. The number of amides is 1. The van der Waals surface area contributed by atoms with E-state index in [0.717, 1.165) is 45.3 Å². The van der Waals surface area contributed by atoms with E-state index in [1.54, 1.807) is 11.3 Å². The summed E-state index contributed by atoms with van der Waals surface area (Å²) >= 11 is 1.72. The van der Waals surface area contributed by atoms with Crippen molar-refractivity contribution in [3.05, 3.63) is 22.4 Å². The second-order valence-electron chi connectivity index (χ2n) is 8.05. The van der Waals surface area contributed by atoms with Crippen LogP contribution in [0.5, 0.6) is 0 Å². The van der Waals surface area contributed by atoms with Crippen molar-refractivity contribution in [3.8, 4) is 0 Å². The normalized spacial score (nSPS) is 31.8. The van der Waals surface area contributed by atoms with Gasteiger partial charge in [-0.1, -0.05) is 6.42 Å². The van der Waals surface area contributed by atoms with Crippen molar-refractivity contribution in [1.29, 1.82) is 0 Å². The van der Waals surface area contributed by atoms with Crippen molar-refractivity contribution in [2.24, 2.45) is 17.1 Å². The van der Waals surface area contributed by atoms with E-state index in [9.17, 15) is 4.79 Å². The summed E-state index contributed by atoms with van der Waals surface area (Å²) < 4.78 is 0. The van der Waals surface area contributed by atoms with Gasteiger partial charge in [-0.2, -0.15) is 11.3 Å². The summed E-state index contributed by atoms with van der Waals surface area (Å²) in [7, 11) is 0. The molecule has 1 aromatic heterocycles. The second-order valence-corrected chi connectivity index (χ2v) is 8.83. The van der Waals surface area contributed by atoms with Gasteiger partial charge in [0.05, 0.1) is 0 Å². The minimum absolute atomic E-state index is 0.145. The number of nitrogens with zero attached hydrogens (tertiary/aromatic N) is 1. The summed E-state index contributed by atoms with van der Waals surface area (Å²) in [5.41, 5.74) is 7.83. The average Bonchev–Trinajstić information content (AvgIpc) is 3.04. The van der Waals surface area contributed by atoms with E-state index in [1.807, 2.05) is 0 Å². The largest absolute Gasteiger partial charge is 0.335 e. The van der Waals surface area contributed by atoms with E-state index in [4.69, 9.17) is 5.73 Å². The van der Waals surface area contributed by atoms with Crippen LogP contribution in [-0.4, -0.2) is 36.0 Å². The number of rotatable bonds is 4. The van der Waals surface area contributed by atoms with Gasteiger partial charge < -0.3 is 16.0 Å². The van der Waals surface area contributed by atoms with Gasteiger partial charge in [0.1, 0.15) is 0 Å². The molecule has 4 rings (SSSR count). The zero-order chi connectivity index (χ0) is 16.6. The van der Waals surface area contributed by atoms with Crippen molar-refractivity contribution in [2.45, 2.75) is 63.6 Å². The van der Waals surface area contributed by atoms with Gasteiger partial charge in [-0.15, -0.1) is 0 Å². The minimum Gasteiger partial charge on any atom is -0.335 e. The molecule has 0 unspecified atom stereocenters. The van der Waals surface area contributed by atoms with E-state index in [-0.39, 0.29) is 12.0 Å². The van der Waals surface area contributed by atoms with Crippen LogP contribution in [0.4, 0.5) is 0 Å². The Morgan fingerprint density at radius 3 is 2.92 bits per heavy atom. The molecule has 0 bridgehead atoms. The van der Waals surface area contributed by atoms with Gasteiger partial charge in [-0.25, -0.2) is 0 Å². The fourth-order valence-corrected chi connectivity index (χ4v) is 5.50. The van der Waals surface area contributed by atoms with Crippen LogP contribution < -0.4 is 11.1 Å². The summed E-state index contributed by atoms with van der Waals surface area (Å²) in [5.74, 6) is 0.517. The van der Waals surface area contributed by atoms with Crippen LogP contribution in [0.2, 0.25) is 0 Å². The van der Waals surface area contributed by atoms with Gasteiger partial charge in [0, 0.05) is 24.5 Å². The number of hydrogen-bond donors (Lipinski definition) is 2. The maximum Gasteiger partial charge on any atom is 0.226 e. The molecule has 3 atom stereocenters. The van der Waals surface area contributed by atoms with Gasteiger partial charge in [0.2, 0.25) is 5.91 Å². The van der Waals surface area contributed by atoms with Gasteiger partial charge >= 0.3 is 0 Å². The van der Waals surface area contributed by atoms with Crippen LogP contribution in [0.3, 0.4) is 0 Å². The van der Waals surface area contributed by atoms with Crippen molar-refractivity contribution in [2.75, 3.05) is 13.1 Å². The van der Waals surface area contributed by atoms with Crippen LogP contribution in [-0.2, 0) is 11.3 Å². The molecule has 1 aliphatic heterocycles. The predicted molar refractivity (Wildman–Crippen MR) is 97.7 cm³/mol. The number of hydrogen-bond acceptors (Lipinski definition) is 4. The highest BCUT2D eigenvalue weighted by atomic mass is 32.1. The smallest absolute Gasteiger partial charge is 0.226 e. The lowest BCUT2D eigenvalue weighted by molar-refractivity contribution is -0.138. The Morgan fingerprint density at radius 1 is 1.38 bits per heavy atom. The van der Waals surface area contributed by atoms with Crippen LogP contribution in [0.25, 0.3) is 0 Å². The van der Waals surface area contributed by atoms with Gasteiger partial charge in [0.15, 0.2) is 0 Å². The first-order valence-electron chi connectivity index (χ1n) is 9.46. The third kappa shape index (κ3) is 3.26. The molecule has 132 valence electrons. The molecule has 1 spiro atoms. The first-order valence-corrected chi connectivity index (χ1v) is 10.4. The molecule has 0 aromatic carbocycles. The molecular formula is C19H29N3OS. The Bertz CT molecular complexity index is 567. The molecule has 3 N–H and O–H groups in total. The molecule has 2 heterocycles. The molecular weight excluding hydrogens is 318 g/mol. The molecule has 4 nitrogen and oxygen atoms in total. The number of piperidine rings is 1. The minimum atomic E-state index is 0.145. The van der Waals surface area contributed by atoms with Crippen LogP contribution >= 0.6 is 11.3 Å². The van der Waals surface area contributed by atoms with Gasteiger partial charge in [-0.3, -0.25) is 4.79 Å². The third-order valence-electron chi connectivity index (χ3n) is 6.40. The Balaban J connectivity index is 1.51. The predicted octanol–water partition coefficient (Wildman–Crippen LogP) is 2.74. The summed E-state index contributed by atoms with van der Waals surface area (Å²) in [5, 5.41) is 7.76. The van der Waals surface area contributed by atoms with E-state index in [0.29, 0.717) is 17.4 Å². The molecule has 1 saturated heterocycles. The second kappa shape index (κ2) is 6.77. The Morgan fingerprint density at radius 2 is 2.21 bits per heavy atom. The van der Waals surface area contributed by atoms with Crippen molar-refractivity contribution in [1.82, 2.24) is 10.2 Å². The Kier molecular flexibility index (Phi) is 4.67. The zero-order valence-corrected chi connectivity index (χ0v) is 15.2. The standard InChI is InChI=1S/C19H29N3OS/c20-16-3-1-2-15(10-16)18(23)22(12-14-4-9-24-13-14)17-11-19(17)5-7-21-8-6-19/h4,9,13,15-17,21H,1-3,5-8,10-12,20H2/t15-,16+,17+/m0/s1. The number of nitrogens with one attached hydrogen (secondary N) is 1. The maximum atomic E-state index is 13.3. The van der Waals surface area contributed by atoms with Crippen molar-refractivity contribution >= 4 is 17.2 Å². The topological polar surface area (TPSA) is 58.4 Å². The number of nitrogens with two attached hydrogens (primary N) is 1. The molecule has 2 aliphatic carbocycles. The highest BCUT2D eigenvalue weighted by Gasteiger charge is 2.58.